The van der Waals surface area contributed by atoms with Gasteiger partial charge in [-0.15, -0.1) is 0 Å². The normalized spacial score (nSPS) is 27.4. The lowest BCUT2D eigenvalue weighted by atomic mass is 9.98. The molecule has 0 bridgehead atoms. The predicted octanol–water partition coefficient (Wildman–Crippen LogP) is 0.469. The second-order valence-electron chi connectivity index (χ2n) is 6.23. The van der Waals surface area contributed by atoms with Gasteiger partial charge in [-0.2, -0.15) is 0 Å². The molecule has 0 unspecified atom stereocenters. The zero-order valence-corrected chi connectivity index (χ0v) is 17.4. The van der Waals surface area contributed by atoms with Gasteiger partial charge < -0.3 is 33.2 Å². The molecule has 6 atom stereocenters. The minimum atomic E-state index is -1.27. The van der Waals surface area contributed by atoms with Crippen LogP contribution in [0.15, 0.2) is 0 Å². The Hall–Kier alpha value is -2.24. The lowest BCUT2D eigenvalue weighted by Crippen LogP contribution is -2.63. The zero-order chi connectivity index (χ0) is 22.1. The summed E-state index contributed by atoms with van der Waals surface area (Å²) in [6, 6.07) is 0. The molecule has 1 aliphatic heterocycles. The molecule has 0 radical (unpaired) electrons. The first-order valence-electron chi connectivity index (χ1n) is 9.12. The van der Waals surface area contributed by atoms with E-state index in [-0.39, 0.29) is 6.61 Å². The van der Waals surface area contributed by atoms with Crippen molar-refractivity contribution in [1.29, 1.82) is 0 Å². The Morgan fingerprint density at radius 2 is 1.34 bits per heavy atom. The average Bonchev–Trinajstić information content (AvgIpc) is 2.57. The summed E-state index contributed by atoms with van der Waals surface area (Å²) in [4.78, 5) is 46.2. The Bertz CT molecular complexity index is 590. The van der Waals surface area contributed by atoms with Crippen LogP contribution in [0, 0.1) is 0 Å². The number of rotatable bonds is 9. The molecule has 1 heterocycles. The van der Waals surface area contributed by atoms with Gasteiger partial charge in [-0.25, -0.2) is 0 Å². The van der Waals surface area contributed by atoms with E-state index in [1.807, 2.05) is 0 Å². The highest BCUT2D eigenvalue weighted by molar-refractivity contribution is 5.68. The molecular formula is C18H28O11. The molecule has 0 aliphatic carbocycles. The molecule has 29 heavy (non-hydrogen) atoms. The third-order valence-corrected chi connectivity index (χ3v) is 3.68. The predicted molar refractivity (Wildman–Crippen MR) is 94.1 cm³/mol. The Morgan fingerprint density at radius 3 is 1.83 bits per heavy atom. The molecular weight excluding hydrogens is 392 g/mol. The summed E-state index contributed by atoms with van der Waals surface area (Å²) in [7, 11) is 0. The molecule has 166 valence electrons. The number of esters is 4. The van der Waals surface area contributed by atoms with Crippen LogP contribution in [0.4, 0.5) is 0 Å². The molecule has 0 aromatic heterocycles. The van der Waals surface area contributed by atoms with Crippen molar-refractivity contribution in [1.82, 2.24) is 0 Å². The first kappa shape index (κ1) is 24.8. The van der Waals surface area contributed by atoms with Gasteiger partial charge in [0.25, 0.3) is 0 Å². The number of hydrogen-bond acceptors (Lipinski definition) is 11. The Kier molecular flexibility index (Phi) is 9.99. The molecule has 1 fully saturated rings. The van der Waals surface area contributed by atoms with E-state index in [4.69, 9.17) is 33.2 Å². The second-order valence-corrected chi connectivity index (χ2v) is 6.23. The third-order valence-electron chi connectivity index (χ3n) is 3.68. The molecule has 0 N–H and O–H groups in total. The maximum atomic E-state index is 11.7. The van der Waals surface area contributed by atoms with Gasteiger partial charge >= 0.3 is 23.9 Å². The van der Waals surface area contributed by atoms with Gasteiger partial charge in [-0.05, 0) is 13.8 Å². The molecule has 0 spiro atoms. The highest BCUT2D eigenvalue weighted by Gasteiger charge is 2.53. The molecule has 11 nitrogen and oxygen atoms in total. The molecule has 0 amide bonds. The van der Waals surface area contributed by atoms with Crippen LogP contribution in [0.5, 0.6) is 0 Å². The van der Waals surface area contributed by atoms with Gasteiger partial charge in [0, 0.05) is 34.3 Å². The lowest BCUT2D eigenvalue weighted by molar-refractivity contribution is -0.336. The fourth-order valence-electron chi connectivity index (χ4n) is 2.76. The molecule has 1 rings (SSSR count). The van der Waals surface area contributed by atoms with Crippen LogP contribution in [-0.2, 0) is 52.3 Å². The van der Waals surface area contributed by atoms with Crippen LogP contribution >= 0.6 is 0 Å². The summed E-state index contributed by atoms with van der Waals surface area (Å²) in [5.41, 5.74) is 0. The molecule has 1 saturated heterocycles. The molecule has 11 heteroatoms. The maximum absolute atomic E-state index is 11.7. The van der Waals surface area contributed by atoms with E-state index in [0.29, 0.717) is 6.61 Å². The Morgan fingerprint density at radius 1 is 0.828 bits per heavy atom. The first-order valence-corrected chi connectivity index (χ1v) is 9.12. The summed E-state index contributed by atoms with van der Waals surface area (Å²) < 4.78 is 37.5. The van der Waals surface area contributed by atoms with Crippen molar-refractivity contribution in [3.63, 3.8) is 0 Å². The maximum Gasteiger partial charge on any atom is 0.303 e. The number of carbonyl (C=O) groups is 4. The van der Waals surface area contributed by atoms with Crippen molar-refractivity contribution in [2.24, 2.45) is 0 Å². The lowest BCUT2D eigenvalue weighted by Gasteiger charge is -2.44. The van der Waals surface area contributed by atoms with Crippen LogP contribution in [-0.4, -0.2) is 74.1 Å². The second kappa shape index (κ2) is 11.7. The van der Waals surface area contributed by atoms with Gasteiger partial charge in [0.1, 0.15) is 12.7 Å². The van der Waals surface area contributed by atoms with E-state index < -0.39 is 60.9 Å². The first-order chi connectivity index (χ1) is 13.5. The highest BCUT2D eigenvalue weighted by Crippen LogP contribution is 2.30. The van der Waals surface area contributed by atoms with Gasteiger partial charge in [0.05, 0.1) is 0 Å². The molecule has 0 aromatic rings. The topological polar surface area (TPSA) is 133 Å². The van der Waals surface area contributed by atoms with Crippen LogP contribution < -0.4 is 0 Å². The summed E-state index contributed by atoms with van der Waals surface area (Å²) >= 11 is 0. The molecule has 1 aliphatic rings. The summed E-state index contributed by atoms with van der Waals surface area (Å²) in [6.07, 6.45) is -6.83. The van der Waals surface area contributed by atoms with Crippen molar-refractivity contribution in [2.45, 2.75) is 78.5 Å². The minimum absolute atomic E-state index is 0.319. The monoisotopic (exact) mass is 420 g/mol. The average molecular weight is 420 g/mol. The van der Waals surface area contributed by atoms with E-state index in [2.05, 4.69) is 0 Å². The Balaban J connectivity index is 3.28. The SMILES string of the molecule is CCO[C@@H](C)O[C@H]1O[C@H](COC(C)=O)[C@@H](OC(C)=O)[C@H](OC(C)=O)[C@H]1OC(C)=O. The van der Waals surface area contributed by atoms with Gasteiger partial charge in [-0.1, -0.05) is 0 Å². The Labute approximate surface area is 168 Å². The largest absolute Gasteiger partial charge is 0.463 e. The van der Waals surface area contributed by atoms with E-state index in [1.165, 1.54) is 6.92 Å². The highest BCUT2D eigenvalue weighted by atomic mass is 16.8. The van der Waals surface area contributed by atoms with E-state index in [9.17, 15) is 19.2 Å². The van der Waals surface area contributed by atoms with Crippen LogP contribution in [0.3, 0.4) is 0 Å². The van der Waals surface area contributed by atoms with Gasteiger partial charge in [0.15, 0.2) is 24.6 Å². The fraction of sp³-hybridized carbons (Fsp3) is 0.778. The van der Waals surface area contributed by atoms with Crippen LogP contribution in [0.2, 0.25) is 0 Å². The minimum Gasteiger partial charge on any atom is -0.463 e. The van der Waals surface area contributed by atoms with E-state index in [0.717, 1.165) is 20.8 Å². The standard InChI is InChI=1S/C18H28O11/c1-7-23-13(6)28-18-17(27-12(5)22)16(26-11(4)21)15(25-10(3)20)14(29-18)8-24-9(2)19/h13-18H,7-8H2,1-6H3/t13-,14-,15-,16+,17-,18+/m1/s1. The van der Waals surface area contributed by atoms with E-state index >= 15 is 0 Å². The summed E-state index contributed by atoms with van der Waals surface area (Å²) in [5.74, 6) is -2.71. The summed E-state index contributed by atoms with van der Waals surface area (Å²) in [6.45, 7) is 8.01. The van der Waals surface area contributed by atoms with Crippen molar-refractivity contribution >= 4 is 23.9 Å². The quantitative estimate of drug-likeness (QED) is 0.293. The van der Waals surface area contributed by atoms with Crippen molar-refractivity contribution in [2.75, 3.05) is 13.2 Å². The summed E-state index contributed by atoms with van der Waals surface area (Å²) in [5, 5.41) is 0. The number of ether oxygens (including phenoxy) is 7. The van der Waals surface area contributed by atoms with E-state index in [1.54, 1.807) is 13.8 Å². The number of carbonyl (C=O) groups excluding carboxylic acids is 4. The smallest absolute Gasteiger partial charge is 0.303 e. The van der Waals surface area contributed by atoms with Crippen LogP contribution in [0.25, 0.3) is 0 Å². The van der Waals surface area contributed by atoms with Crippen molar-refractivity contribution in [3.8, 4) is 0 Å². The van der Waals surface area contributed by atoms with Gasteiger partial charge in [0.2, 0.25) is 6.29 Å². The van der Waals surface area contributed by atoms with Crippen molar-refractivity contribution < 1.29 is 52.3 Å². The molecule has 0 saturated carbocycles. The zero-order valence-electron chi connectivity index (χ0n) is 17.4. The van der Waals surface area contributed by atoms with Crippen LogP contribution in [0.1, 0.15) is 41.5 Å². The number of hydrogen-bond donors (Lipinski definition) is 0. The molecule has 0 aromatic carbocycles. The van der Waals surface area contributed by atoms with Crippen molar-refractivity contribution in [3.05, 3.63) is 0 Å². The van der Waals surface area contributed by atoms with Gasteiger partial charge in [-0.3, -0.25) is 19.2 Å². The fourth-order valence-corrected chi connectivity index (χ4v) is 2.76. The third kappa shape index (κ3) is 8.34.